The van der Waals surface area contributed by atoms with Crippen molar-refractivity contribution in [2.45, 2.75) is 18.9 Å². The maximum Gasteiger partial charge on any atom is 0.258 e. The molecule has 1 amide bonds. The SMILES string of the molecule is O=C(COc1ccc(Br)cc1F)NC1CCNCC1. The Kier molecular flexibility index (Phi) is 5.15. The zero-order chi connectivity index (χ0) is 13.7. The number of amides is 1. The van der Waals surface area contributed by atoms with Gasteiger partial charge in [0.15, 0.2) is 18.2 Å². The Morgan fingerprint density at radius 1 is 1.47 bits per heavy atom. The fourth-order valence-electron chi connectivity index (χ4n) is 1.97. The highest BCUT2D eigenvalue weighted by Crippen LogP contribution is 2.21. The van der Waals surface area contributed by atoms with Crippen LogP contribution in [0.25, 0.3) is 0 Å². The molecule has 1 aromatic rings. The van der Waals surface area contributed by atoms with Gasteiger partial charge >= 0.3 is 0 Å². The molecule has 0 unspecified atom stereocenters. The van der Waals surface area contributed by atoms with Crippen molar-refractivity contribution < 1.29 is 13.9 Å². The summed E-state index contributed by atoms with van der Waals surface area (Å²) in [5, 5.41) is 6.11. The Morgan fingerprint density at radius 2 is 2.21 bits per heavy atom. The van der Waals surface area contributed by atoms with Crippen molar-refractivity contribution in [3.05, 3.63) is 28.5 Å². The number of benzene rings is 1. The molecular weight excluding hydrogens is 315 g/mol. The standard InChI is InChI=1S/C13H16BrFN2O2/c14-9-1-2-12(11(15)7-9)19-8-13(18)17-10-3-5-16-6-4-10/h1-2,7,10,16H,3-6,8H2,(H,17,18). The third-order valence-electron chi connectivity index (χ3n) is 2.96. The number of nitrogens with one attached hydrogen (secondary N) is 2. The van der Waals surface area contributed by atoms with Gasteiger partial charge in [0.25, 0.3) is 5.91 Å². The molecule has 0 aliphatic carbocycles. The first kappa shape index (κ1) is 14.3. The van der Waals surface area contributed by atoms with Gasteiger partial charge in [-0.05, 0) is 44.1 Å². The summed E-state index contributed by atoms with van der Waals surface area (Å²) in [5.41, 5.74) is 0. The molecule has 1 fully saturated rings. The van der Waals surface area contributed by atoms with Crippen LogP contribution in [0.1, 0.15) is 12.8 Å². The highest BCUT2D eigenvalue weighted by molar-refractivity contribution is 9.10. The molecule has 4 nitrogen and oxygen atoms in total. The van der Waals surface area contributed by atoms with Crippen LogP contribution in [-0.4, -0.2) is 31.6 Å². The van der Waals surface area contributed by atoms with Gasteiger partial charge in [-0.25, -0.2) is 4.39 Å². The number of hydrogen-bond acceptors (Lipinski definition) is 3. The Morgan fingerprint density at radius 3 is 2.89 bits per heavy atom. The lowest BCUT2D eigenvalue weighted by Crippen LogP contribution is -2.44. The number of halogens is 2. The monoisotopic (exact) mass is 330 g/mol. The van der Waals surface area contributed by atoms with E-state index in [1.807, 2.05) is 0 Å². The molecule has 19 heavy (non-hydrogen) atoms. The highest BCUT2D eigenvalue weighted by Gasteiger charge is 2.15. The minimum absolute atomic E-state index is 0.0867. The van der Waals surface area contributed by atoms with Crippen molar-refractivity contribution in [3.8, 4) is 5.75 Å². The van der Waals surface area contributed by atoms with Crippen LogP contribution in [0.2, 0.25) is 0 Å². The van der Waals surface area contributed by atoms with Crippen molar-refractivity contribution in [1.29, 1.82) is 0 Å². The largest absolute Gasteiger partial charge is 0.481 e. The molecule has 1 aromatic carbocycles. The Bertz CT molecular complexity index is 450. The Hall–Kier alpha value is -1.14. The fourth-order valence-corrected chi connectivity index (χ4v) is 2.30. The van der Waals surface area contributed by atoms with Gasteiger partial charge in [-0.15, -0.1) is 0 Å². The molecule has 2 rings (SSSR count). The zero-order valence-corrected chi connectivity index (χ0v) is 12.0. The van der Waals surface area contributed by atoms with E-state index in [1.165, 1.54) is 12.1 Å². The van der Waals surface area contributed by atoms with Gasteiger partial charge in [-0.1, -0.05) is 15.9 Å². The van der Waals surface area contributed by atoms with Crippen molar-refractivity contribution >= 4 is 21.8 Å². The third-order valence-corrected chi connectivity index (χ3v) is 3.45. The van der Waals surface area contributed by atoms with Crippen molar-refractivity contribution in [3.63, 3.8) is 0 Å². The second-order valence-electron chi connectivity index (χ2n) is 4.46. The average Bonchev–Trinajstić information content (AvgIpc) is 2.39. The third kappa shape index (κ3) is 4.47. The second-order valence-corrected chi connectivity index (χ2v) is 5.37. The van der Waals surface area contributed by atoms with Crippen molar-refractivity contribution in [2.24, 2.45) is 0 Å². The van der Waals surface area contributed by atoms with Gasteiger partial charge in [-0.2, -0.15) is 0 Å². The predicted octanol–water partition coefficient (Wildman–Crippen LogP) is 1.84. The molecule has 0 radical (unpaired) electrons. The van der Waals surface area contributed by atoms with Crippen LogP contribution in [0.3, 0.4) is 0 Å². The van der Waals surface area contributed by atoms with E-state index >= 15 is 0 Å². The average molecular weight is 331 g/mol. The molecule has 0 bridgehead atoms. The van der Waals surface area contributed by atoms with E-state index in [4.69, 9.17) is 4.74 Å². The van der Waals surface area contributed by atoms with Gasteiger partial charge < -0.3 is 15.4 Å². The smallest absolute Gasteiger partial charge is 0.258 e. The van der Waals surface area contributed by atoms with E-state index in [0.29, 0.717) is 4.47 Å². The molecule has 104 valence electrons. The molecule has 0 atom stereocenters. The molecule has 1 aliphatic heterocycles. The summed E-state index contributed by atoms with van der Waals surface area (Å²) < 4.78 is 19.3. The van der Waals surface area contributed by atoms with E-state index in [9.17, 15) is 9.18 Å². The maximum absolute atomic E-state index is 13.5. The van der Waals surface area contributed by atoms with Gasteiger partial charge in [0, 0.05) is 10.5 Å². The van der Waals surface area contributed by atoms with Crippen LogP contribution < -0.4 is 15.4 Å². The first-order chi connectivity index (χ1) is 9.15. The summed E-state index contributed by atoms with van der Waals surface area (Å²) in [7, 11) is 0. The molecule has 0 aromatic heterocycles. The van der Waals surface area contributed by atoms with E-state index in [0.717, 1.165) is 25.9 Å². The van der Waals surface area contributed by atoms with Crippen LogP contribution in [0.5, 0.6) is 5.75 Å². The molecule has 1 heterocycles. The minimum Gasteiger partial charge on any atom is -0.481 e. The first-order valence-corrected chi connectivity index (χ1v) is 7.02. The number of hydrogen-bond donors (Lipinski definition) is 2. The van der Waals surface area contributed by atoms with Gasteiger partial charge in [0.05, 0.1) is 0 Å². The normalized spacial score (nSPS) is 16.1. The summed E-state index contributed by atoms with van der Waals surface area (Å²) in [6.45, 7) is 1.66. The predicted molar refractivity (Wildman–Crippen MR) is 73.6 cm³/mol. The summed E-state index contributed by atoms with van der Waals surface area (Å²) in [4.78, 5) is 11.7. The lowest BCUT2D eigenvalue weighted by Gasteiger charge is -2.23. The lowest BCUT2D eigenvalue weighted by molar-refractivity contribution is -0.124. The zero-order valence-electron chi connectivity index (χ0n) is 10.4. The van der Waals surface area contributed by atoms with Crippen LogP contribution >= 0.6 is 15.9 Å². The topological polar surface area (TPSA) is 50.4 Å². The van der Waals surface area contributed by atoms with Crippen LogP contribution in [0.4, 0.5) is 4.39 Å². The lowest BCUT2D eigenvalue weighted by atomic mass is 10.1. The fraction of sp³-hybridized carbons (Fsp3) is 0.462. The molecule has 1 aliphatic rings. The van der Waals surface area contributed by atoms with Gasteiger partial charge in [-0.3, -0.25) is 4.79 Å². The van der Waals surface area contributed by atoms with Crippen molar-refractivity contribution in [2.75, 3.05) is 19.7 Å². The molecule has 2 N–H and O–H groups in total. The Balaban J connectivity index is 1.79. The van der Waals surface area contributed by atoms with E-state index in [2.05, 4.69) is 26.6 Å². The molecule has 1 saturated heterocycles. The molecule has 0 spiro atoms. The first-order valence-electron chi connectivity index (χ1n) is 6.23. The second kappa shape index (κ2) is 6.86. The van der Waals surface area contributed by atoms with E-state index in [1.54, 1.807) is 6.07 Å². The quantitative estimate of drug-likeness (QED) is 0.885. The number of ether oxygens (including phenoxy) is 1. The number of carbonyl (C=O) groups is 1. The maximum atomic E-state index is 13.5. The van der Waals surface area contributed by atoms with Gasteiger partial charge in [0.2, 0.25) is 0 Å². The van der Waals surface area contributed by atoms with Crippen LogP contribution in [0.15, 0.2) is 22.7 Å². The molecular formula is C13H16BrFN2O2. The summed E-state index contributed by atoms with van der Waals surface area (Å²) >= 11 is 3.16. The summed E-state index contributed by atoms with van der Waals surface area (Å²) in [6, 6.07) is 4.66. The number of piperidine rings is 1. The number of rotatable bonds is 4. The minimum atomic E-state index is -0.482. The molecule has 6 heteroatoms. The van der Waals surface area contributed by atoms with Crippen LogP contribution in [0, 0.1) is 5.82 Å². The van der Waals surface area contributed by atoms with Gasteiger partial charge in [0.1, 0.15) is 0 Å². The van der Waals surface area contributed by atoms with E-state index < -0.39 is 5.82 Å². The van der Waals surface area contributed by atoms with Crippen LogP contribution in [-0.2, 0) is 4.79 Å². The van der Waals surface area contributed by atoms with E-state index in [-0.39, 0.29) is 24.3 Å². The highest BCUT2D eigenvalue weighted by atomic mass is 79.9. The van der Waals surface area contributed by atoms with Crippen molar-refractivity contribution in [1.82, 2.24) is 10.6 Å². The number of carbonyl (C=O) groups excluding carboxylic acids is 1. The summed E-state index contributed by atoms with van der Waals surface area (Å²) in [5.74, 6) is -0.609. The summed E-state index contributed by atoms with van der Waals surface area (Å²) in [6.07, 6.45) is 1.83. The molecule has 0 saturated carbocycles. The Labute approximate surface area is 119 Å².